The summed E-state index contributed by atoms with van der Waals surface area (Å²) in [4.78, 5) is 39.1. The summed E-state index contributed by atoms with van der Waals surface area (Å²) in [6.07, 6.45) is 2.06. The van der Waals surface area contributed by atoms with Crippen LogP contribution < -0.4 is 20.3 Å². The Morgan fingerprint density at radius 1 is 1.08 bits per heavy atom. The lowest BCUT2D eigenvalue weighted by atomic mass is 9.98. The fraction of sp³-hybridized carbons (Fsp3) is 0.345. The number of pyridine rings is 1. The Labute approximate surface area is 226 Å². The molecule has 0 fully saturated rings. The molecule has 1 aromatic heterocycles. The van der Waals surface area contributed by atoms with E-state index in [0.29, 0.717) is 40.5 Å². The number of carbonyl (C=O) groups is 2. The highest BCUT2D eigenvalue weighted by atomic mass is 35.5. The standard InChI is InChI=1S/C29H31ClN2O6/c1-17(2)10-24(32-15-18(3)11-21(29(32)36)12-19-6-4-5-7-22(19)30)28(35)31-23(14-27(33)34)20-8-9-25-26(13-20)38-16-37-25/h4-9,11,13,15,17,23-24H,10,12,14,16H2,1-3H3,(H,31,35)(H,33,34)/t23-,24+/m0/s1. The average Bonchev–Trinajstić information content (AvgIpc) is 3.33. The second kappa shape index (κ2) is 11.7. The second-order valence-electron chi connectivity index (χ2n) is 9.94. The Balaban J connectivity index is 1.68. The minimum Gasteiger partial charge on any atom is -0.481 e. The predicted octanol–water partition coefficient (Wildman–Crippen LogP) is 5.05. The molecule has 0 bridgehead atoms. The number of nitrogens with zero attached hydrogens (tertiary/aromatic N) is 1. The molecule has 0 saturated heterocycles. The summed E-state index contributed by atoms with van der Waals surface area (Å²) in [6, 6.07) is 12.6. The van der Waals surface area contributed by atoms with Crippen molar-refractivity contribution in [1.82, 2.24) is 9.88 Å². The molecular weight excluding hydrogens is 508 g/mol. The van der Waals surface area contributed by atoms with Gasteiger partial charge in [0.05, 0.1) is 12.5 Å². The van der Waals surface area contributed by atoms with E-state index in [1.807, 2.05) is 45.0 Å². The van der Waals surface area contributed by atoms with Gasteiger partial charge in [0.1, 0.15) is 6.04 Å². The minimum atomic E-state index is -1.07. The summed E-state index contributed by atoms with van der Waals surface area (Å²) in [6.45, 7) is 5.89. The van der Waals surface area contributed by atoms with Gasteiger partial charge < -0.3 is 24.5 Å². The Bertz CT molecular complexity index is 1400. The maximum absolute atomic E-state index is 13.7. The summed E-state index contributed by atoms with van der Waals surface area (Å²) in [7, 11) is 0. The maximum Gasteiger partial charge on any atom is 0.305 e. The average molecular weight is 539 g/mol. The van der Waals surface area contributed by atoms with Crippen molar-refractivity contribution < 1.29 is 24.2 Å². The minimum absolute atomic E-state index is 0.0814. The normalized spacial score (nSPS) is 13.8. The molecule has 8 nitrogen and oxygen atoms in total. The molecule has 2 heterocycles. The number of aliphatic carboxylic acids is 1. The highest BCUT2D eigenvalue weighted by molar-refractivity contribution is 6.31. The quantitative estimate of drug-likeness (QED) is 0.374. The molecule has 200 valence electrons. The number of aromatic nitrogens is 1. The van der Waals surface area contributed by atoms with E-state index in [2.05, 4.69) is 5.32 Å². The molecule has 0 radical (unpaired) electrons. The predicted molar refractivity (Wildman–Crippen MR) is 144 cm³/mol. The van der Waals surface area contributed by atoms with E-state index in [1.165, 1.54) is 4.57 Å². The van der Waals surface area contributed by atoms with Gasteiger partial charge in [-0.2, -0.15) is 0 Å². The number of ether oxygens (including phenoxy) is 2. The van der Waals surface area contributed by atoms with Gasteiger partial charge in [0.2, 0.25) is 12.7 Å². The zero-order chi connectivity index (χ0) is 27.4. The zero-order valence-corrected chi connectivity index (χ0v) is 22.3. The Morgan fingerprint density at radius 2 is 1.82 bits per heavy atom. The number of amides is 1. The molecule has 1 aliphatic heterocycles. The molecule has 1 amide bonds. The largest absolute Gasteiger partial charge is 0.481 e. The highest BCUT2D eigenvalue weighted by Gasteiger charge is 2.28. The molecule has 38 heavy (non-hydrogen) atoms. The molecule has 0 aliphatic carbocycles. The lowest BCUT2D eigenvalue weighted by Gasteiger charge is -2.26. The molecule has 3 aromatic rings. The van der Waals surface area contributed by atoms with E-state index in [9.17, 15) is 19.5 Å². The van der Waals surface area contributed by atoms with E-state index >= 15 is 0 Å². The third kappa shape index (κ3) is 6.37. The molecule has 0 saturated carbocycles. The van der Waals surface area contributed by atoms with Crippen molar-refractivity contribution in [3.05, 3.63) is 92.4 Å². The van der Waals surface area contributed by atoms with Crippen molar-refractivity contribution in [2.75, 3.05) is 6.79 Å². The number of carbonyl (C=O) groups excluding carboxylic acids is 1. The number of carboxylic acid groups (broad SMARTS) is 1. The van der Waals surface area contributed by atoms with Gasteiger partial charge >= 0.3 is 5.97 Å². The van der Waals surface area contributed by atoms with Gasteiger partial charge in [-0.05, 0) is 60.2 Å². The maximum atomic E-state index is 13.7. The number of fused-ring (bicyclic) bond motifs is 1. The summed E-state index contributed by atoms with van der Waals surface area (Å²) in [5, 5.41) is 13.0. The van der Waals surface area contributed by atoms with Gasteiger partial charge in [-0.15, -0.1) is 0 Å². The number of halogens is 1. The number of hydrogen-bond donors (Lipinski definition) is 2. The second-order valence-corrected chi connectivity index (χ2v) is 10.3. The van der Waals surface area contributed by atoms with Crippen molar-refractivity contribution in [2.24, 2.45) is 5.92 Å². The Kier molecular flexibility index (Phi) is 8.42. The first-order valence-electron chi connectivity index (χ1n) is 12.5. The molecular formula is C29H31ClN2O6. The van der Waals surface area contributed by atoms with Crippen molar-refractivity contribution in [3.8, 4) is 11.5 Å². The molecule has 2 N–H and O–H groups in total. The third-order valence-electron chi connectivity index (χ3n) is 6.42. The highest BCUT2D eigenvalue weighted by Crippen LogP contribution is 2.35. The van der Waals surface area contributed by atoms with Gasteiger partial charge in [0, 0.05) is 23.2 Å². The molecule has 2 aromatic carbocycles. The number of nitrogens with one attached hydrogen (secondary N) is 1. The van der Waals surface area contributed by atoms with E-state index in [0.717, 1.165) is 11.1 Å². The van der Waals surface area contributed by atoms with Crippen LogP contribution >= 0.6 is 11.6 Å². The van der Waals surface area contributed by atoms with Crippen LogP contribution in [0.1, 0.15) is 61.0 Å². The first-order valence-corrected chi connectivity index (χ1v) is 12.9. The van der Waals surface area contributed by atoms with E-state index in [1.54, 1.807) is 30.5 Å². The Hall–Kier alpha value is -3.78. The molecule has 2 atom stereocenters. The van der Waals surface area contributed by atoms with Gasteiger partial charge in [-0.25, -0.2) is 0 Å². The smallest absolute Gasteiger partial charge is 0.305 e. The molecule has 0 unspecified atom stereocenters. The van der Waals surface area contributed by atoms with Crippen LogP contribution in [0.5, 0.6) is 11.5 Å². The SMILES string of the molecule is Cc1cc(Cc2ccccc2Cl)c(=O)n([C@H](CC(C)C)C(=O)N[C@@H](CC(=O)O)c2ccc3c(c2)OCO3)c1. The van der Waals surface area contributed by atoms with Gasteiger partial charge in [0.25, 0.3) is 5.56 Å². The number of carboxylic acids is 1. The first-order chi connectivity index (χ1) is 18.1. The third-order valence-corrected chi connectivity index (χ3v) is 6.79. The molecule has 1 aliphatic rings. The van der Waals surface area contributed by atoms with E-state index in [-0.39, 0.29) is 24.7 Å². The monoisotopic (exact) mass is 538 g/mol. The fourth-order valence-electron chi connectivity index (χ4n) is 4.64. The zero-order valence-electron chi connectivity index (χ0n) is 21.6. The van der Waals surface area contributed by atoms with Gasteiger partial charge in [0.15, 0.2) is 11.5 Å². The van der Waals surface area contributed by atoms with Gasteiger partial charge in [-0.3, -0.25) is 14.4 Å². The lowest BCUT2D eigenvalue weighted by Crippen LogP contribution is -2.41. The number of aryl methyl sites for hydroxylation is 1. The Morgan fingerprint density at radius 3 is 2.53 bits per heavy atom. The van der Waals surface area contributed by atoms with Crippen LogP contribution in [0, 0.1) is 12.8 Å². The topological polar surface area (TPSA) is 107 Å². The number of hydrogen-bond acceptors (Lipinski definition) is 5. The van der Waals surface area contributed by atoms with Crippen LogP contribution in [-0.2, 0) is 16.0 Å². The first kappa shape index (κ1) is 27.3. The van der Waals surface area contributed by atoms with Crippen LogP contribution in [0.15, 0.2) is 59.5 Å². The van der Waals surface area contributed by atoms with Crippen LogP contribution in [0.25, 0.3) is 0 Å². The molecule has 0 spiro atoms. The molecule has 4 rings (SSSR count). The fourth-order valence-corrected chi connectivity index (χ4v) is 4.84. The summed E-state index contributed by atoms with van der Waals surface area (Å²) >= 11 is 6.34. The number of benzene rings is 2. The summed E-state index contributed by atoms with van der Waals surface area (Å²) < 4.78 is 12.2. The van der Waals surface area contributed by atoms with E-state index in [4.69, 9.17) is 21.1 Å². The van der Waals surface area contributed by atoms with Crippen molar-refractivity contribution >= 4 is 23.5 Å². The summed E-state index contributed by atoms with van der Waals surface area (Å²) in [5.74, 6) is -0.357. The van der Waals surface area contributed by atoms with Crippen LogP contribution in [0.2, 0.25) is 5.02 Å². The lowest BCUT2D eigenvalue weighted by molar-refractivity contribution is -0.138. The van der Waals surface area contributed by atoms with Crippen molar-refractivity contribution in [1.29, 1.82) is 0 Å². The van der Waals surface area contributed by atoms with Crippen LogP contribution in [0.4, 0.5) is 0 Å². The van der Waals surface area contributed by atoms with Gasteiger partial charge in [-0.1, -0.05) is 49.7 Å². The summed E-state index contributed by atoms with van der Waals surface area (Å²) in [5.41, 5.74) is 2.46. The van der Waals surface area contributed by atoms with Crippen molar-refractivity contribution in [3.63, 3.8) is 0 Å². The molecule has 9 heteroatoms. The van der Waals surface area contributed by atoms with Crippen LogP contribution in [-0.4, -0.2) is 28.3 Å². The van der Waals surface area contributed by atoms with E-state index < -0.39 is 24.0 Å². The van der Waals surface area contributed by atoms with Crippen molar-refractivity contribution in [2.45, 2.75) is 52.1 Å². The van der Waals surface area contributed by atoms with Crippen LogP contribution in [0.3, 0.4) is 0 Å². The number of rotatable bonds is 10.